The number of carbonyl (C=O) groups is 1. The number of fused-ring (bicyclic) bond motifs is 1. The summed E-state index contributed by atoms with van der Waals surface area (Å²) in [5, 5.41) is 0. The van der Waals surface area contributed by atoms with Crippen LogP contribution in [0.1, 0.15) is 37.8 Å². The van der Waals surface area contributed by atoms with Crippen molar-refractivity contribution in [3.8, 4) is 5.75 Å². The molecule has 0 atom stereocenters. The van der Waals surface area contributed by atoms with E-state index in [-0.39, 0.29) is 22.8 Å². The maximum Gasteiger partial charge on any atom is 0.242 e. The fourth-order valence-corrected chi connectivity index (χ4v) is 5.57. The van der Waals surface area contributed by atoms with Gasteiger partial charge in [0.05, 0.1) is 18.6 Å². The van der Waals surface area contributed by atoms with Crippen LogP contribution in [0.25, 0.3) is 0 Å². The molecule has 2 aliphatic heterocycles. The van der Waals surface area contributed by atoms with Gasteiger partial charge in [-0.3, -0.25) is 4.79 Å². The number of nitrogens with zero attached hydrogens (tertiary/aromatic N) is 2. The zero-order valence-electron chi connectivity index (χ0n) is 18.9. The van der Waals surface area contributed by atoms with Gasteiger partial charge < -0.3 is 14.5 Å². The first-order chi connectivity index (χ1) is 15.2. The van der Waals surface area contributed by atoms with Gasteiger partial charge in [0.25, 0.3) is 0 Å². The highest BCUT2D eigenvalue weighted by molar-refractivity contribution is 7.89. The smallest absolute Gasteiger partial charge is 0.242 e. The van der Waals surface area contributed by atoms with E-state index in [2.05, 4.69) is 23.5 Å². The summed E-state index contributed by atoms with van der Waals surface area (Å²) in [6.07, 6.45) is 2.14. The SMILES string of the molecule is COc1ccc(CNS(=O)(=O)c2ccc3c(c2)C(C)(C)CN3CC(=O)N2CCCC2)cc1. The average molecular weight is 458 g/mol. The van der Waals surface area contributed by atoms with Crippen LogP contribution in [0.3, 0.4) is 0 Å². The standard InChI is InChI=1S/C24H31N3O4S/c1-24(2)17-27(16-23(28)26-12-4-5-13-26)22-11-10-20(14-21(22)24)32(29,30)25-15-18-6-8-19(31-3)9-7-18/h6-11,14,25H,4-5,12-13,15-17H2,1-3H3. The van der Waals surface area contributed by atoms with Crippen molar-refractivity contribution < 1.29 is 17.9 Å². The number of rotatable bonds is 7. The highest BCUT2D eigenvalue weighted by Gasteiger charge is 2.37. The highest BCUT2D eigenvalue weighted by atomic mass is 32.2. The third-order valence-electron chi connectivity index (χ3n) is 6.34. The van der Waals surface area contributed by atoms with Gasteiger partial charge >= 0.3 is 0 Å². The normalized spacial score (nSPS) is 17.5. The van der Waals surface area contributed by atoms with Crippen LogP contribution in [-0.2, 0) is 26.8 Å². The fourth-order valence-electron chi connectivity index (χ4n) is 4.52. The van der Waals surface area contributed by atoms with Crippen LogP contribution in [0.5, 0.6) is 5.75 Å². The minimum atomic E-state index is -3.67. The molecule has 2 aromatic rings. The van der Waals surface area contributed by atoms with Crippen LogP contribution < -0.4 is 14.4 Å². The van der Waals surface area contributed by atoms with Crippen molar-refractivity contribution in [2.75, 3.05) is 38.2 Å². The molecule has 0 aliphatic carbocycles. The molecule has 0 unspecified atom stereocenters. The summed E-state index contributed by atoms with van der Waals surface area (Å²) in [6.45, 7) is 7.06. The first-order valence-electron chi connectivity index (χ1n) is 11.0. The number of likely N-dealkylation sites (tertiary alicyclic amines) is 1. The Hall–Kier alpha value is -2.58. The van der Waals surface area contributed by atoms with E-state index in [1.54, 1.807) is 31.4 Å². The van der Waals surface area contributed by atoms with E-state index in [1.807, 2.05) is 23.1 Å². The van der Waals surface area contributed by atoms with Gasteiger partial charge in [0.1, 0.15) is 5.75 Å². The van der Waals surface area contributed by atoms with Crippen LogP contribution >= 0.6 is 0 Å². The largest absolute Gasteiger partial charge is 0.497 e. The van der Waals surface area contributed by atoms with E-state index in [9.17, 15) is 13.2 Å². The fraction of sp³-hybridized carbons (Fsp3) is 0.458. The predicted molar refractivity (Wildman–Crippen MR) is 125 cm³/mol. The van der Waals surface area contributed by atoms with Crippen molar-refractivity contribution in [3.05, 3.63) is 53.6 Å². The number of amides is 1. The molecule has 1 saturated heterocycles. The van der Waals surface area contributed by atoms with Crippen LogP contribution in [-0.4, -0.2) is 52.5 Å². The number of ether oxygens (including phenoxy) is 1. The number of benzene rings is 2. The Morgan fingerprint density at radius 1 is 1.09 bits per heavy atom. The Bertz CT molecular complexity index is 1090. The van der Waals surface area contributed by atoms with Gasteiger partial charge in [-0.15, -0.1) is 0 Å². The van der Waals surface area contributed by atoms with Crippen molar-refractivity contribution in [2.45, 2.75) is 43.5 Å². The molecule has 0 spiro atoms. The molecule has 0 bridgehead atoms. The number of hydrogen-bond acceptors (Lipinski definition) is 5. The number of carbonyl (C=O) groups excluding carboxylic acids is 1. The minimum absolute atomic E-state index is 0.143. The maximum atomic E-state index is 13.0. The van der Waals surface area contributed by atoms with E-state index in [0.29, 0.717) is 13.1 Å². The molecule has 4 rings (SSSR count). The van der Waals surface area contributed by atoms with Gasteiger partial charge in [-0.25, -0.2) is 13.1 Å². The van der Waals surface area contributed by atoms with Crippen LogP contribution in [0.2, 0.25) is 0 Å². The van der Waals surface area contributed by atoms with Crippen LogP contribution in [0.4, 0.5) is 5.69 Å². The summed E-state index contributed by atoms with van der Waals surface area (Å²) in [6, 6.07) is 12.5. The zero-order chi connectivity index (χ0) is 22.9. The molecule has 172 valence electrons. The Labute approximate surface area is 190 Å². The van der Waals surface area contributed by atoms with E-state index >= 15 is 0 Å². The molecule has 7 nitrogen and oxygen atoms in total. The number of methoxy groups -OCH3 is 1. The first-order valence-corrected chi connectivity index (χ1v) is 12.5. The van der Waals surface area contributed by atoms with E-state index < -0.39 is 10.0 Å². The summed E-state index contributed by atoms with van der Waals surface area (Å²) in [5.74, 6) is 0.870. The molecule has 32 heavy (non-hydrogen) atoms. The molecule has 1 amide bonds. The minimum Gasteiger partial charge on any atom is -0.497 e. The summed E-state index contributed by atoms with van der Waals surface area (Å²) in [7, 11) is -2.08. The lowest BCUT2D eigenvalue weighted by Crippen LogP contribution is -2.40. The zero-order valence-corrected chi connectivity index (χ0v) is 19.7. The number of sulfonamides is 1. The Morgan fingerprint density at radius 3 is 2.44 bits per heavy atom. The molecule has 2 heterocycles. The first kappa shape index (κ1) is 22.6. The second kappa shape index (κ2) is 8.75. The van der Waals surface area contributed by atoms with Gasteiger partial charge in [0.15, 0.2) is 0 Å². The Morgan fingerprint density at radius 2 is 1.78 bits per heavy atom. The van der Waals surface area contributed by atoms with Crippen molar-refractivity contribution in [2.24, 2.45) is 0 Å². The third kappa shape index (κ3) is 4.61. The second-order valence-electron chi connectivity index (χ2n) is 9.18. The van der Waals surface area contributed by atoms with Gasteiger partial charge in [0, 0.05) is 37.3 Å². The Kier molecular flexibility index (Phi) is 6.18. The molecule has 0 saturated carbocycles. The molecule has 2 aliphatic rings. The van der Waals surface area contributed by atoms with Crippen molar-refractivity contribution >= 4 is 21.6 Å². The molecular weight excluding hydrogens is 426 g/mol. The molecule has 1 N–H and O–H groups in total. The summed E-state index contributed by atoms with van der Waals surface area (Å²) in [5.41, 5.74) is 2.50. The van der Waals surface area contributed by atoms with Gasteiger partial charge in [-0.05, 0) is 54.3 Å². The number of anilines is 1. The molecule has 1 fully saturated rings. The van der Waals surface area contributed by atoms with E-state index in [4.69, 9.17) is 4.74 Å². The quantitative estimate of drug-likeness (QED) is 0.692. The Balaban J connectivity index is 1.50. The summed E-state index contributed by atoms with van der Waals surface area (Å²) >= 11 is 0. The maximum absolute atomic E-state index is 13.0. The van der Waals surface area contributed by atoms with Crippen molar-refractivity contribution in [1.82, 2.24) is 9.62 Å². The van der Waals surface area contributed by atoms with Gasteiger partial charge in [-0.1, -0.05) is 26.0 Å². The van der Waals surface area contributed by atoms with Crippen molar-refractivity contribution in [3.63, 3.8) is 0 Å². The molecule has 8 heteroatoms. The lowest BCUT2D eigenvalue weighted by atomic mass is 9.87. The van der Waals surface area contributed by atoms with Crippen LogP contribution in [0, 0.1) is 0 Å². The van der Waals surface area contributed by atoms with E-state index in [0.717, 1.165) is 48.5 Å². The lowest BCUT2D eigenvalue weighted by molar-refractivity contribution is -0.128. The molecule has 0 radical (unpaired) electrons. The van der Waals surface area contributed by atoms with Crippen LogP contribution in [0.15, 0.2) is 47.4 Å². The summed E-state index contributed by atoms with van der Waals surface area (Å²) < 4.78 is 33.8. The van der Waals surface area contributed by atoms with Gasteiger partial charge in [-0.2, -0.15) is 0 Å². The molecule has 2 aromatic carbocycles. The predicted octanol–water partition coefficient (Wildman–Crippen LogP) is 2.89. The topological polar surface area (TPSA) is 79.0 Å². The monoisotopic (exact) mass is 457 g/mol. The lowest BCUT2D eigenvalue weighted by Gasteiger charge is -2.24. The van der Waals surface area contributed by atoms with Gasteiger partial charge in [0.2, 0.25) is 15.9 Å². The van der Waals surface area contributed by atoms with E-state index in [1.165, 1.54) is 0 Å². The number of nitrogens with one attached hydrogen (secondary N) is 1. The number of hydrogen-bond donors (Lipinski definition) is 1. The molecule has 0 aromatic heterocycles. The summed E-state index contributed by atoms with van der Waals surface area (Å²) in [4.78, 5) is 16.9. The second-order valence-corrected chi connectivity index (χ2v) is 10.9. The van der Waals surface area contributed by atoms with Crippen molar-refractivity contribution in [1.29, 1.82) is 0 Å². The molecular formula is C24H31N3O4S. The average Bonchev–Trinajstić information content (AvgIpc) is 3.39. The highest BCUT2D eigenvalue weighted by Crippen LogP contribution is 2.41. The third-order valence-corrected chi connectivity index (χ3v) is 7.74.